The highest BCUT2D eigenvalue weighted by molar-refractivity contribution is 7.91. The number of sulfone groups is 1. The van der Waals surface area contributed by atoms with Crippen LogP contribution in [0.5, 0.6) is 0 Å². The zero-order valence-electron chi connectivity index (χ0n) is 17.2. The van der Waals surface area contributed by atoms with Gasteiger partial charge in [0.1, 0.15) is 10.5 Å². The SMILES string of the molecule is CS(=O)(=O)C1(c2ccc(C(=O)NC34CC(c5noc(-c6ccc(Cl)cc6)n5)(C3)C4)o2)CC1. The Morgan fingerprint density at radius 1 is 1.09 bits per heavy atom. The van der Waals surface area contributed by atoms with Gasteiger partial charge in [0.25, 0.3) is 11.8 Å². The van der Waals surface area contributed by atoms with Gasteiger partial charge in [-0.2, -0.15) is 4.98 Å². The number of halogens is 1. The Hall–Kier alpha value is -2.65. The van der Waals surface area contributed by atoms with Crippen LogP contribution >= 0.6 is 11.6 Å². The van der Waals surface area contributed by atoms with Gasteiger partial charge < -0.3 is 14.3 Å². The first-order chi connectivity index (χ1) is 15.1. The number of nitrogens with zero attached hydrogens (tertiary/aromatic N) is 2. The molecule has 7 rings (SSSR count). The fraction of sp³-hybridized carbons (Fsp3) is 0.409. The normalized spacial score (nSPS) is 27.3. The van der Waals surface area contributed by atoms with E-state index in [0.717, 1.165) is 24.8 Å². The highest BCUT2D eigenvalue weighted by Gasteiger charge is 2.71. The van der Waals surface area contributed by atoms with Gasteiger partial charge in [0.2, 0.25) is 0 Å². The molecule has 0 aliphatic heterocycles. The third kappa shape index (κ3) is 2.80. The Morgan fingerprint density at radius 3 is 2.41 bits per heavy atom. The minimum atomic E-state index is -3.29. The number of nitrogens with one attached hydrogen (secondary N) is 1. The third-order valence-corrected chi connectivity index (χ3v) is 9.37. The monoisotopic (exact) mass is 473 g/mol. The first-order valence-corrected chi connectivity index (χ1v) is 12.6. The number of furan rings is 1. The van der Waals surface area contributed by atoms with Gasteiger partial charge in [-0.15, -0.1) is 0 Å². The molecule has 2 bridgehead atoms. The Balaban J connectivity index is 1.12. The lowest BCUT2D eigenvalue weighted by Crippen LogP contribution is -2.77. The van der Waals surface area contributed by atoms with E-state index >= 15 is 0 Å². The van der Waals surface area contributed by atoms with Gasteiger partial charge in [0.05, 0.1) is 0 Å². The van der Waals surface area contributed by atoms with E-state index in [0.29, 0.717) is 35.3 Å². The first-order valence-electron chi connectivity index (χ1n) is 10.4. The Bertz CT molecular complexity index is 1330. The molecule has 4 aliphatic rings. The zero-order chi connectivity index (χ0) is 22.4. The largest absolute Gasteiger partial charge is 0.454 e. The smallest absolute Gasteiger partial charge is 0.287 e. The van der Waals surface area contributed by atoms with Gasteiger partial charge in [0.15, 0.2) is 21.4 Å². The first kappa shape index (κ1) is 20.0. The summed E-state index contributed by atoms with van der Waals surface area (Å²) in [6, 6.07) is 10.4. The number of rotatable bonds is 6. The van der Waals surface area contributed by atoms with Crippen LogP contribution in [-0.4, -0.2) is 36.3 Å². The van der Waals surface area contributed by atoms with E-state index in [1.165, 1.54) is 6.26 Å². The second-order valence-electron chi connectivity index (χ2n) is 9.41. The lowest BCUT2D eigenvalue weighted by Gasteiger charge is -2.68. The van der Waals surface area contributed by atoms with Crippen LogP contribution in [0, 0.1) is 0 Å². The van der Waals surface area contributed by atoms with Crippen molar-refractivity contribution < 1.29 is 22.2 Å². The van der Waals surface area contributed by atoms with Gasteiger partial charge in [-0.05, 0) is 68.5 Å². The molecule has 1 aromatic carbocycles. The Morgan fingerprint density at radius 2 is 1.78 bits per heavy atom. The van der Waals surface area contributed by atoms with Crippen molar-refractivity contribution in [1.82, 2.24) is 15.5 Å². The van der Waals surface area contributed by atoms with Crippen molar-refractivity contribution in [3.63, 3.8) is 0 Å². The maximum atomic E-state index is 12.7. The van der Waals surface area contributed by atoms with Crippen LogP contribution in [0.2, 0.25) is 5.02 Å². The van der Waals surface area contributed by atoms with Crippen molar-refractivity contribution in [2.45, 2.75) is 47.8 Å². The molecule has 0 saturated heterocycles. The topological polar surface area (TPSA) is 115 Å². The number of carbonyl (C=O) groups excluding carboxylic acids is 1. The Kier molecular flexibility index (Phi) is 3.89. The van der Waals surface area contributed by atoms with Crippen molar-refractivity contribution in [1.29, 1.82) is 0 Å². The maximum absolute atomic E-state index is 12.7. The summed E-state index contributed by atoms with van der Waals surface area (Å²) in [5.74, 6) is 1.26. The molecule has 4 fully saturated rings. The summed E-state index contributed by atoms with van der Waals surface area (Å²) in [5.41, 5.74) is 0.322. The van der Waals surface area contributed by atoms with E-state index in [9.17, 15) is 13.2 Å². The minimum Gasteiger partial charge on any atom is -0.454 e. The number of carbonyl (C=O) groups is 1. The van der Waals surface area contributed by atoms with Crippen molar-refractivity contribution in [2.24, 2.45) is 0 Å². The van der Waals surface area contributed by atoms with E-state index in [2.05, 4.69) is 15.5 Å². The highest BCUT2D eigenvalue weighted by Crippen LogP contribution is 2.67. The van der Waals surface area contributed by atoms with Crippen molar-refractivity contribution >= 4 is 27.3 Å². The fourth-order valence-corrected chi connectivity index (χ4v) is 6.67. The summed E-state index contributed by atoms with van der Waals surface area (Å²) < 4.78 is 34.3. The molecule has 166 valence electrons. The number of hydrogen-bond donors (Lipinski definition) is 1. The molecule has 0 spiro atoms. The molecule has 4 aliphatic carbocycles. The molecule has 32 heavy (non-hydrogen) atoms. The molecule has 3 aromatic rings. The average Bonchev–Trinajstić information content (AvgIpc) is 3.14. The van der Waals surface area contributed by atoms with Gasteiger partial charge in [0, 0.05) is 27.8 Å². The predicted molar refractivity (Wildman–Crippen MR) is 115 cm³/mol. The number of aromatic nitrogens is 2. The molecule has 0 atom stereocenters. The number of hydrogen-bond acceptors (Lipinski definition) is 7. The Labute approximate surface area is 189 Å². The van der Waals surface area contributed by atoms with Crippen LogP contribution in [0.25, 0.3) is 11.5 Å². The highest BCUT2D eigenvalue weighted by atomic mass is 35.5. The quantitative estimate of drug-likeness (QED) is 0.581. The minimum absolute atomic E-state index is 0.137. The fourth-order valence-electron chi connectivity index (χ4n) is 5.23. The van der Waals surface area contributed by atoms with Crippen LogP contribution in [0.3, 0.4) is 0 Å². The summed E-state index contributed by atoms with van der Waals surface area (Å²) in [6.45, 7) is 0. The second-order valence-corrected chi connectivity index (χ2v) is 12.2. The van der Waals surface area contributed by atoms with Gasteiger partial charge in [-0.1, -0.05) is 16.8 Å². The van der Waals surface area contributed by atoms with Gasteiger partial charge >= 0.3 is 0 Å². The second kappa shape index (κ2) is 6.23. The molecule has 10 heteroatoms. The lowest BCUT2D eigenvalue weighted by atomic mass is 9.39. The van der Waals surface area contributed by atoms with Crippen molar-refractivity contribution in [3.05, 3.63) is 58.8 Å². The van der Waals surface area contributed by atoms with Crippen LogP contribution in [-0.2, 0) is 20.0 Å². The molecule has 1 amide bonds. The van der Waals surface area contributed by atoms with Crippen molar-refractivity contribution in [3.8, 4) is 11.5 Å². The molecule has 8 nitrogen and oxygen atoms in total. The molecule has 4 saturated carbocycles. The van der Waals surface area contributed by atoms with Crippen molar-refractivity contribution in [2.75, 3.05) is 6.26 Å². The van der Waals surface area contributed by atoms with Gasteiger partial charge in [-0.3, -0.25) is 4.79 Å². The number of benzene rings is 1. The lowest BCUT2D eigenvalue weighted by molar-refractivity contribution is -0.0876. The zero-order valence-corrected chi connectivity index (χ0v) is 18.8. The molecular formula is C22H20ClN3O5S. The van der Waals surface area contributed by atoms with Crippen LogP contribution in [0.1, 0.15) is 54.2 Å². The summed E-state index contributed by atoms with van der Waals surface area (Å²) in [6.07, 6.45) is 4.44. The van der Waals surface area contributed by atoms with Crippen LogP contribution in [0.15, 0.2) is 45.3 Å². The van der Waals surface area contributed by atoms with E-state index in [1.807, 2.05) is 12.1 Å². The number of amides is 1. The average molecular weight is 474 g/mol. The summed E-state index contributed by atoms with van der Waals surface area (Å²) >= 11 is 5.93. The van der Waals surface area contributed by atoms with E-state index in [4.69, 9.17) is 20.5 Å². The standard InChI is InChI=1S/C22H20ClN3O5S/c1-32(28,29)22(8-9-22)16-7-6-15(30-16)17(27)25-21-10-20(11-21,12-21)19-24-18(31-26-19)13-2-4-14(23)5-3-13/h2-7H,8-12H2,1H3,(H,25,27). The molecule has 0 unspecified atom stereocenters. The predicted octanol–water partition coefficient (Wildman–Crippen LogP) is 3.62. The van der Waals surface area contributed by atoms with Gasteiger partial charge in [-0.25, -0.2) is 8.42 Å². The molecule has 1 N–H and O–H groups in total. The van der Waals surface area contributed by atoms with E-state index < -0.39 is 14.6 Å². The molecular weight excluding hydrogens is 454 g/mol. The van der Waals surface area contributed by atoms with Crippen LogP contribution in [0.4, 0.5) is 0 Å². The summed E-state index contributed by atoms with van der Waals surface area (Å²) in [4.78, 5) is 17.3. The molecule has 2 aromatic heterocycles. The molecule has 0 radical (unpaired) electrons. The summed E-state index contributed by atoms with van der Waals surface area (Å²) in [7, 11) is -3.29. The van der Waals surface area contributed by atoms with E-state index in [-0.39, 0.29) is 22.6 Å². The van der Waals surface area contributed by atoms with Crippen LogP contribution < -0.4 is 5.32 Å². The molecule has 2 heterocycles. The summed E-state index contributed by atoms with van der Waals surface area (Å²) in [5, 5.41) is 7.86. The maximum Gasteiger partial charge on any atom is 0.287 e. The van der Waals surface area contributed by atoms with E-state index in [1.54, 1.807) is 24.3 Å². The third-order valence-electron chi connectivity index (χ3n) is 7.09.